The van der Waals surface area contributed by atoms with Crippen LogP contribution in [0.5, 0.6) is 0 Å². The molecule has 1 amide bonds. The molecule has 0 saturated carbocycles. The Morgan fingerprint density at radius 3 is 2.20 bits per heavy atom. The highest BCUT2D eigenvalue weighted by Crippen LogP contribution is 2.17. The molecule has 0 heterocycles. The Balaban J connectivity index is 2.73. The maximum atomic E-state index is 11.6. The van der Waals surface area contributed by atoms with Crippen molar-refractivity contribution in [1.82, 2.24) is 0 Å². The van der Waals surface area contributed by atoms with Crippen LogP contribution < -0.4 is 10.2 Å². The molecule has 0 aliphatic rings. The first-order valence-corrected chi connectivity index (χ1v) is 6.55. The quantitative estimate of drug-likeness (QED) is 0.783. The van der Waals surface area contributed by atoms with Crippen LogP contribution in [0.4, 0.5) is 11.4 Å². The minimum Gasteiger partial charge on any atom is -0.478 e. The van der Waals surface area contributed by atoms with Crippen molar-refractivity contribution in [2.75, 3.05) is 23.3 Å². The van der Waals surface area contributed by atoms with Gasteiger partial charge in [0.2, 0.25) is 5.91 Å². The first kappa shape index (κ1) is 15.8. The fourth-order valence-electron chi connectivity index (χ4n) is 1.78. The molecule has 1 aromatic carbocycles. The predicted octanol–water partition coefficient (Wildman–Crippen LogP) is 2.50. The summed E-state index contributed by atoms with van der Waals surface area (Å²) in [5.74, 6) is -1.54. The van der Waals surface area contributed by atoms with E-state index in [1.807, 2.05) is 12.1 Å². The highest BCUT2D eigenvalue weighted by Gasteiger charge is 2.05. The molecule has 1 aromatic rings. The van der Waals surface area contributed by atoms with Gasteiger partial charge in [-0.15, -0.1) is 0 Å². The SMILES string of the molecule is CCN(CC)c1ccc(NC(=O)/C=C(\C)C(=O)O)cc1. The Morgan fingerprint density at radius 2 is 1.75 bits per heavy atom. The second kappa shape index (κ2) is 7.33. The van der Waals surface area contributed by atoms with Crippen molar-refractivity contribution in [2.24, 2.45) is 0 Å². The first-order valence-electron chi connectivity index (χ1n) is 6.55. The highest BCUT2D eigenvalue weighted by atomic mass is 16.4. The summed E-state index contributed by atoms with van der Waals surface area (Å²) in [7, 11) is 0. The molecule has 5 heteroatoms. The monoisotopic (exact) mass is 276 g/mol. The Morgan fingerprint density at radius 1 is 1.20 bits per heavy atom. The number of benzene rings is 1. The van der Waals surface area contributed by atoms with E-state index in [2.05, 4.69) is 24.1 Å². The van der Waals surface area contributed by atoms with Gasteiger partial charge in [-0.2, -0.15) is 0 Å². The van der Waals surface area contributed by atoms with Crippen LogP contribution in [0.1, 0.15) is 20.8 Å². The zero-order valence-corrected chi connectivity index (χ0v) is 12.0. The van der Waals surface area contributed by atoms with Gasteiger partial charge in [0.25, 0.3) is 0 Å². The number of carboxylic acids is 1. The number of nitrogens with one attached hydrogen (secondary N) is 1. The molecule has 20 heavy (non-hydrogen) atoms. The van der Waals surface area contributed by atoms with E-state index in [9.17, 15) is 9.59 Å². The number of carbonyl (C=O) groups excluding carboxylic acids is 1. The van der Waals surface area contributed by atoms with E-state index >= 15 is 0 Å². The third kappa shape index (κ3) is 4.42. The summed E-state index contributed by atoms with van der Waals surface area (Å²) >= 11 is 0. The molecule has 0 bridgehead atoms. The van der Waals surface area contributed by atoms with Gasteiger partial charge in [-0.25, -0.2) is 4.79 Å². The van der Waals surface area contributed by atoms with Crippen LogP contribution in [0, 0.1) is 0 Å². The number of anilines is 2. The van der Waals surface area contributed by atoms with Crippen molar-refractivity contribution in [3.63, 3.8) is 0 Å². The van der Waals surface area contributed by atoms with Crippen LogP contribution in [0.25, 0.3) is 0 Å². The van der Waals surface area contributed by atoms with Gasteiger partial charge >= 0.3 is 5.97 Å². The molecular formula is C15H20N2O3. The van der Waals surface area contributed by atoms with Crippen molar-refractivity contribution in [2.45, 2.75) is 20.8 Å². The van der Waals surface area contributed by atoms with Crippen LogP contribution in [0.15, 0.2) is 35.9 Å². The van der Waals surface area contributed by atoms with E-state index in [1.54, 1.807) is 12.1 Å². The summed E-state index contributed by atoms with van der Waals surface area (Å²) in [6, 6.07) is 7.46. The molecule has 0 aliphatic carbocycles. The average Bonchev–Trinajstić information content (AvgIpc) is 2.41. The van der Waals surface area contributed by atoms with Crippen LogP contribution in [0.2, 0.25) is 0 Å². The minimum atomic E-state index is -1.10. The second-order valence-corrected chi connectivity index (χ2v) is 4.34. The number of amides is 1. The second-order valence-electron chi connectivity index (χ2n) is 4.34. The predicted molar refractivity (Wildman–Crippen MR) is 80.0 cm³/mol. The van der Waals surface area contributed by atoms with Crippen molar-refractivity contribution in [1.29, 1.82) is 0 Å². The molecule has 0 aromatic heterocycles. The molecule has 2 N–H and O–H groups in total. The largest absolute Gasteiger partial charge is 0.478 e. The maximum absolute atomic E-state index is 11.6. The smallest absolute Gasteiger partial charge is 0.331 e. The lowest BCUT2D eigenvalue weighted by atomic mass is 10.2. The number of hydrogen-bond donors (Lipinski definition) is 2. The van der Waals surface area contributed by atoms with Gasteiger partial charge in [-0.3, -0.25) is 4.79 Å². The lowest BCUT2D eigenvalue weighted by Crippen LogP contribution is -2.21. The normalized spacial score (nSPS) is 11.1. The summed E-state index contributed by atoms with van der Waals surface area (Å²) in [6.45, 7) is 7.38. The molecule has 0 atom stereocenters. The Labute approximate surface area is 118 Å². The van der Waals surface area contributed by atoms with E-state index in [4.69, 9.17) is 5.11 Å². The summed E-state index contributed by atoms with van der Waals surface area (Å²) < 4.78 is 0. The van der Waals surface area contributed by atoms with E-state index in [-0.39, 0.29) is 5.57 Å². The molecule has 0 fully saturated rings. The van der Waals surface area contributed by atoms with Crippen LogP contribution >= 0.6 is 0 Å². The van der Waals surface area contributed by atoms with Crippen molar-refractivity contribution in [3.05, 3.63) is 35.9 Å². The standard InChI is InChI=1S/C15H20N2O3/c1-4-17(5-2)13-8-6-12(7-9-13)16-14(18)10-11(3)15(19)20/h6-10H,4-5H2,1-3H3,(H,16,18)(H,19,20)/b11-10+. The highest BCUT2D eigenvalue weighted by molar-refractivity contribution is 6.04. The fourth-order valence-corrected chi connectivity index (χ4v) is 1.78. The molecule has 0 aliphatic heterocycles. The molecule has 0 saturated heterocycles. The average molecular weight is 276 g/mol. The van der Waals surface area contributed by atoms with Gasteiger partial charge < -0.3 is 15.3 Å². The lowest BCUT2D eigenvalue weighted by Gasteiger charge is -2.21. The van der Waals surface area contributed by atoms with Crippen LogP contribution in [0.3, 0.4) is 0 Å². The summed E-state index contributed by atoms with van der Waals surface area (Å²) in [5.41, 5.74) is 1.73. The van der Waals surface area contributed by atoms with E-state index in [0.29, 0.717) is 5.69 Å². The van der Waals surface area contributed by atoms with Gasteiger partial charge in [-0.1, -0.05) is 0 Å². The molecule has 5 nitrogen and oxygen atoms in total. The summed E-state index contributed by atoms with van der Waals surface area (Å²) in [4.78, 5) is 24.4. The molecule has 108 valence electrons. The zero-order chi connectivity index (χ0) is 15.1. The third-order valence-electron chi connectivity index (χ3n) is 2.95. The van der Waals surface area contributed by atoms with Gasteiger partial charge in [0.1, 0.15) is 0 Å². The van der Waals surface area contributed by atoms with Crippen molar-refractivity contribution >= 4 is 23.3 Å². The Bertz CT molecular complexity index is 502. The molecule has 0 unspecified atom stereocenters. The number of rotatable bonds is 6. The van der Waals surface area contributed by atoms with E-state index < -0.39 is 11.9 Å². The van der Waals surface area contributed by atoms with Gasteiger partial charge in [0.05, 0.1) is 0 Å². The number of aliphatic carboxylic acids is 1. The molecule has 0 spiro atoms. The van der Waals surface area contributed by atoms with Crippen molar-refractivity contribution in [3.8, 4) is 0 Å². The summed E-state index contributed by atoms with van der Waals surface area (Å²) in [6.07, 6.45) is 1.07. The number of carbonyl (C=O) groups is 2. The summed E-state index contributed by atoms with van der Waals surface area (Å²) in [5, 5.41) is 11.3. The third-order valence-corrected chi connectivity index (χ3v) is 2.95. The van der Waals surface area contributed by atoms with Gasteiger partial charge in [-0.05, 0) is 45.0 Å². The van der Waals surface area contributed by atoms with Gasteiger partial charge in [0, 0.05) is 36.1 Å². The number of hydrogen-bond acceptors (Lipinski definition) is 3. The minimum absolute atomic E-state index is 0.00209. The molecule has 1 rings (SSSR count). The fraction of sp³-hybridized carbons (Fsp3) is 0.333. The molecule has 0 radical (unpaired) electrons. The van der Waals surface area contributed by atoms with Crippen molar-refractivity contribution < 1.29 is 14.7 Å². The Kier molecular flexibility index (Phi) is 5.77. The van der Waals surface area contributed by atoms with Gasteiger partial charge in [0.15, 0.2) is 0 Å². The maximum Gasteiger partial charge on any atom is 0.331 e. The van der Waals surface area contributed by atoms with Crippen LogP contribution in [-0.4, -0.2) is 30.1 Å². The Hall–Kier alpha value is -2.30. The molecular weight excluding hydrogens is 256 g/mol. The van der Waals surface area contributed by atoms with E-state index in [1.165, 1.54) is 6.92 Å². The number of carboxylic acid groups (broad SMARTS) is 1. The first-order chi connectivity index (χ1) is 9.47. The lowest BCUT2D eigenvalue weighted by molar-refractivity contribution is -0.132. The zero-order valence-electron chi connectivity index (χ0n) is 12.0. The number of nitrogens with zero attached hydrogens (tertiary/aromatic N) is 1. The van der Waals surface area contributed by atoms with E-state index in [0.717, 1.165) is 24.9 Å². The topological polar surface area (TPSA) is 69.6 Å². The van der Waals surface area contributed by atoms with Crippen LogP contribution in [-0.2, 0) is 9.59 Å².